The van der Waals surface area contributed by atoms with Gasteiger partial charge >= 0.3 is 11.9 Å². The molecule has 8 nitrogen and oxygen atoms in total. The first-order valence-electron chi connectivity index (χ1n) is 12.4. The van der Waals surface area contributed by atoms with Crippen molar-refractivity contribution in [1.29, 1.82) is 0 Å². The molecule has 0 aliphatic carbocycles. The molecule has 4 rings (SSSR count). The second kappa shape index (κ2) is 13.9. The number of aromatic nitrogens is 1. The zero-order valence-corrected chi connectivity index (χ0v) is 21.0. The molecule has 1 unspecified atom stereocenters. The Morgan fingerprint density at radius 2 is 1.57 bits per heavy atom. The van der Waals surface area contributed by atoms with E-state index >= 15 is 0 Å². The Labute approximate surface area is 216 Å². The van der Waals surface area contributed by atoms with Gasteiger partial charge in [0.15, 0.2) is 0 Å². The SMILES string of the molecule is Cc1ccccc1C(CCN1CCCCC1)NC(=O)c1ccc2ccccc2n1.O=C(O)/C=C/C(=O)O. The van der Waals surface area contributed by atoms with Crippen LogP contribution in [0.2, 0.25) is 0 Å². The summed E-state index contributed by atoms with van der Waals surface area (Å²) in [6.07, 6.45) is 5.92. The number of aryl methyl sites for hydroxylation is 1. The summed E-state index contributed by atoms with van der Waals surface area (Å²) >= 11 is 0. The van der Waals surface area contributed by atoms with Crippen LogP contribution in [0, 0.1) is 6.92 Å². The highest BCUT2D eigenvalue weighted by Crippen LogP contribution is 2.23. The molecule has 1 fully saturated rings. The number of amides is 1. The van der Waals surface area contributed by atoms with Gasteiger partial charge < -0.3 is 20.4 Å². The Bertz CT molecular complexity index is 1240. The minimum atomic E-state index is -1.26. The van der Waals surface area contributed by atoms with Crippen molar-refractivity contribution in [2.75, 3.05) is 19.6 Å². The molecule has 1 aliphatic heterocycles. The predicted molar refractivity (Wildman–Crippen MR) is 142 cm³/mol. The normalized spacial score (nSPS) is 14.5. The van der Waals surface area contributed by atoms with Crippen LogP contribution in [0.25, 0.3) is 10.9 Å². The number of hydrogen-bond donors (Lipinski definition) is 3. The fraction of sp³-hybridized carbons (Fsp3) is 0.310. The zero-order chi connectivity index (χ0) is 26.6. The number of para-hydroxylation sites is 1. The number of hydrogen-bond acceptors (Lipinski definition) is 5. The summed E-state index contributed by atoms with van der Waals surface area (Å²) in [5, 5.41) is 19.9. The molecule has 3 N–H and O–H groups in total. The van der Waals surface area contributed by atoms with Gasteiger partial charge in [-0.05, 0) is 62.5 Å². The van der Waals surface area contributed by atoms with Gasteiger partial charge in [0.1, 0.15) is 5.69 Å². The molecule has 2 heterocycles. The van der Waals surface area contributed by atoms with Crippen molar-refractivity contribution in [2.24, 2.45) is 0 Å². The molecule has 194 valence electrons. The van der Waals surface area contributed by atoms with Crippen LogP contribution in [0.15, 0.2) is 72.8 Å². The lowest BCUT2D eigenvalue weighted by atomic mass is 9.98. The van der Waals surface area contributed by atoms with Crippen molar-refractivity contribution in [2.45, 2.75) is 38.6 Å². The van der Waals surface area contributed by atoms with Gasteiger partial charge in [-0.2, -0.15) is 0 Å². The number of aliphatic carboxylic acids is 2. The highest BCUT2D eigenvalue weighted by molar-refractivity contribution is 5.95. The van der Waals surface area contributed by atoms with E-state index in [1.54, 1.807) is 0 Å². The first-order valence-corrected chi connectivity index (χ1v) is 12.4. The topological polar surface area (TPSA) is 120 Å². The quantitative estimate of drug-likeness (QED) is 0.384. The van der Waals surface area contributed by atoms with Crippen LogP contribution in [-0.4, -0.2) is 57.6 Å². The third kappa shape index (κ3) is 8.84. The number of fused-ring (bicyclic) bond motifs is 1. The van der Waals surface area contributed by atoms with Crippen molar-refractivity contribution >= 4 is 28.7 Å². The van der Waals surface area contributed by atoms with E-state index in [0.717, 1.165) is 23.9 Å². The minimum absolute atomic E-state index is 0.0149. The van der Waals surface area contributed by atoms with E-state index in [9.17, 15) is 14.4 Å². The summed E-state index contributed by atoms with van der Waals surface area (Å²) in [6, 6.07) is 20.0. The van der Waals surface area contributed by atoms with Crippen LogP contribution in [0.5, 0.6) is 0 Å². The minimum Gasteiger partial charge on any atom is -0.478 e. The van der Waals surface area contributed by atoms with Gasteiger partial charge in [-0.15, -0.1) is 0 Å². The number of carbonyl (C=O) groups excluding carboxylic acids is 1. The largest absolute Gasteiger partial charge is 0.478 e. The molecular weight excluding hydrogens is 470 g/mol. The maximum atomic E-state index is 13.0. The number of carboxylic acid groups (broad SMARTS) is 2. The van der Waals surface area contributed by atoms with E-state index in [-0.39, 0.29) is 11.9 Å². The Hall–Kier alpha value is -4.04. The maximum Gasteiger partial charge on any atom is 0.328 e. The second-order valence-corrected chi connectivity index (χ2v) is 8.97. The number of carbonyl (C=O) groups is 3. The number of piperidine rings is 1. The van der Waals surface area contributed by atoms with Gasteiger partial charge in [0.2, 0.25) is 0 Å². The predicted octanol–water partition coefficient (Wildman–Crippen LogP) is 4.60. The molecular formula is C29H33N3O5. The fourth-order valence-corrected chi connectivity index (χ4v) is 4.35. The third-order valence-corrected chi connectivity index (χ3v) is 6.25. The van der Waals surface area contributed by atoms with Crippen molar-refractivity contribution in [3.05, 3.63) is 89.6 Å². The van der Waals surface area contributed by atoms with Crippen LogP contribution in [0.3, 0.4) is 0 Å². The monoisotopic (exact) mass is 503 g/mol. The summed E-state index contributed by atoms with van der Waals surface area (Å²) in [7, 11) is 0. The molecule has 1 saturated heterocycles. The van der Waals surface area contributed by atoms with Gasteiger partial charge in [0.25, 0.3) is 5.91 Å². The van der Waals surface area contributed by atoms with E-state index in [0.29, 0.717) is 17.8 Å². The number of rotatable bonds is 8. The van der Waals surface area contributed by atoms with E-state index in [4.69, 9.17) is 10.2 Å². The number of likely N-dealkylation sites (tertiary alicyclic amines) is 1. The molecule has 8 heteroatoms. The van der Waals surface area contributed by atoms with Gasteiger partial charge in [-0.3, -0.25) is 4.79 Å². The Balaban J connectivity index is 0.000000414. The number of nitrogens with one attached hydrogen (secondary N) is 1. The Kier molecular flexibility index (Phi) is 10.3. The van der Waals surface area contributed by atoms with E-state index in [1.165, 1.54) is 43.5 Å². The van der Waals surface area contributed by atoms with E-state index in [1.807, 2.05) is 42.5 Å². The highest BCUT2D eigenvalue weighted by Gasteiger charge is 2.20. The van der Waals surface area contributed by atoms with E-state index < -0.39 is 11.9 Å². The van der Waals surface area contributed by atoms with Gasteiger partial charge in [0, 0.05) is 24.1 Å². The summed E-state index contributed by atoms with van der Waals surface area (Å²) in [4.78, 5) is 39.2. The molecule has 0 radical (unpaired) electrons. The first-order chi connectivity index (χ1) is 17.8. The average molecular weight is 504 g/mol. The van der Waals surface area contributed by atoms with E-state index in [2.05, 4.69) is 40.3 Å². The van der Waals surface area contributed by atoms with Crippen molar-refractivity contribution < 1.29 is 24.6 Å². The van der Waals surface area contributed by atoms with Crippen molar-refractivity contribution in [3.63, 3.8) is 0 Å². The van der Waals surface area contributed by atoms with Crippen LogP contribution >= 0.6 is 0 Å². The Morgan fingerprint density at radius 1 is 0.919 bits per heavy atom. The first kappa shape index (κ1) is 27.5. The zero-order valence-electron chi connectivity index (χ0n) is 21.0. The molecule has 0 bridgehead atoms. The van der Waals surface area contributed by atoms with Crippen molar-refractivity contribution in [3.8, 4) is 0 Å². The van der Waals surface area contributed by atoms with Gasteiger partial charge in [-0.1, -0.05) is 55.0 Å². The lowest BCUT2D eigenvalue weighted by molar-refractivity contribution is -0.134. The molecule has 1 aromatic heterocycles. The molecule has 3 aromatic rings. The molecule has 0 spiro atoms. The summed E-state index contributed by atoms with van der Waals surface area (Å²) < 4.78 is 0. The number of carboxylic acids is 2. The fourth-order valence-electron chi connectivity index (χ4n) is 4.35. The average Bonchev–Trinajstić information content (AvgIpc) is 2.91. The molecule has 1 atom stereocenters. The lowest BCUT2D eigenvalue weighted by Crippen LogP contribution is -2.35. The smallest absolute Gasteiger partial charge is 0.328 e. The van der Waals surface area contributed by atoms with Gasteiger partial charge in [0.05, 0.1) is 11.6 Å². The van der Waals surface area contributed by atoms with Crippen LogP contribution in [0.1, 0.15) is 53.3 Å². The van der Waals surface area contributed by atoms with Crippen LogP contribution in [-0.2, 0) is 9.59 Å². The summed E-state index contributed by atoms with van der Waals surface area (Å²) in [6.45, 7) is 5.45. The lowest BCUT2D eigenvalue weighted by Gasteiger charge is -2.29. The van der Waals surface area contributed by atoms with Crippen LogP contribution < -0.4 is 5.32 Å². The summed E-state index contributed by atoms with van der Waals surface area (Å²) in [5.74, 6) is -2.62. The third-order valence-electron chi connectivity index (χ3n) is 6.25. The Morgan fingerprint density at radius 3 is 2.24 bits per heavy atom. The summed E-state index contributed by atoms with van der Waals surface area (Å²) in [5.41, 5.74) is 3.72. The number of benzene rings is 2. The standard InChI is InChI=1S/C25H29N3O.C4H4O4/c1-19-9-3-5-11-21(19)23(15-18-28-16-7-2-8-17-28)27-25(29)24-14-13-20-10-4-6-12-22(20)26-24;5-3(6)1-2-4(7)8/h3-6,9-14,23H,2,7-8,15-18H2,1H3,(H,27,29);1-2H,(H,5,6)(H,7,8)/b;2-1+. The highest BCUT2D eigenvalue weighted by atomic mass is 16.4. The molecule has 1 amide bonds. The van der Waals surface area contributed by atoms with Gasteiger partial charge in [-0.25, -0.2) is 14.6 Å². The molecule has 0 saturated carbocycles. The molecule has 37 heavy (non-hydrogen) atoms. The second-order valence-electron chi connectivity index (χ2n) is 8.97. The maximum absolute atomic E-state index is 13.0. The molecule has 1 aliphatic rings. The van der Waals surface area contributed by atoms with Crippen LogP contribution in [0.4, 0.5) is 0 Å². The van der Waals surface area contributed by atoms with Crippen molar-refractivity contribution in [1.82, 2.24) is 15.2 Å². The molecule has 2 aromatic carbocycles. The number of nitrogens with zero attached hydrogens (tertiary/aromatic N) is 2. The number of pyridine rings is 1.